The van der Waals surface area contributed by atoms with Gasteiger partial charge in [0.25, 0.3) is 0 Å². The molecule has 1 unspecified atom stereocenters. The molecule has 0 saturated carbocycles. The Labute approximate surface area is 106 Å². The van der Waals surface area contributed by atoms with Gasteiger partial charge in [0.15, 0.2) is 0 Å². The topological polar surface area (TPSA) is 13.1 Å². The first kappa shape index (κ1) is 11.2. The molecule has 0 aromatic carbocycles. The van der Waals surface area contributed by atoms with Crippen LogP contribution in [0, 0.1) is 13.8 Å². The summed E-state index contributed by atoms with van der Waals surface area (Å²) in [6.07, 6.45) is 1.78. The highest BCUT2D eigenvalue weighted by Crippen LogP contribution is 2.39. The molecule has 0 amide bonds. The van der Waals surface area contributed by atoms with Crippen LogP contribution in [0.4, 0.5) is 0 Å². The van der Waals surface area contributed by atoms with Crippen molar-refractivity contribution in [3.8, 4) is 0 Å². The van der Waals surface area contributed by atoms with E-state index in [-0.39, 0.29) is 4.83 Å². The summed E-state index contributed by atoms with van der Waals surface area (Å²) in [4.78, 5) is 1.38. The third-order valence-corrected chi connectivity index (χ3v) is 5.11. The molecule has 0 aliphatic rings. The van der Waals surface area contributed by atoms with Crippen LogP contribution in [0.1, 0.15) is 26.6 Å². The van der Waals surface area contributed by atoms with E-state index in [0.29, 0.717) is 0 Å². The summed E-state index contributed by atoms with van der Waals surface area (Å²) in [5.74, 6) is 0.925. The van der Waals surface area contributed by atoms with E-state index >= 15 is 0 Å². The number of hydrogen-bond acceptors (Lipinski definition) is 2. The summed E-state index contributed by atoms with van der Waals surface area (Å²) in [5, 5.41) is 0. The molecule has 2 aromatic heterocycles. The molecule has 80 valence electrons. The highest BCUT2D eigenvalue weighted by atomic mass is 79.9. The Bertz CT molecular complexity index is 455. The van der Waals surface area contributed by atoms with Gasteiger partial charge in [-0.25, -0.2) is 0 Å². The van der Waals surface area contributed by atoms with Crippen LogP contribution in [0.25, 0.3) is 0 Å². The van der Waals surface area contributed by atoms with Crippen molar-refractivity contribution in [2.45, 2.75) is 18.7 Å². The Morgan fingerprint density at radius 2 is 2.13 bits per heavy atom. The molecule has 0 spiro atoms. The largest absolute Gasteiger partial charge is 0.469 e. The lowest BCUT2D eigenvalue weighted by atomic mass is 10.2. The second kappa shape index (κ2) is 4.32. The van der Waals surface area contributed by atoms with Gasteiger partial charge in [-0.05, 0) is 31.5 Å². The lowest BCUT2D eigenvalue weighted by Gasteiger charge is -2.02. The molecule has 0 radical (unpaired) electrons. The van der Waals surface area contributed by atoms with Crippen LogP contribution in [-0.4, -0.2) is 0 Å². The van der Waals surface area contributed by atoms with Gasteiger partial charge in [0.1, 0.15) is 5.76 Å². The minimum atomic E-state index is 0.172. The van der Waals surface area contributed by atoms with E-state index in [1.165, 1.54) is 4.88 Å². The second-order valence-electron chi connectivity index (χ2n) is 3.46. The average Bonchev–Trinajstić information content (AvgIpc) is 2.74. The third-order valence-electron chi connectivity index (χ3n) is 2.17. The van der Waals surface area contributed by atoms with Crippen molar-refractivity contribution >= 4 is 38.9 Å². The maximum absolute atomic E-state index is 6.04. The predicted molar refractivity (Wildman–Crippen MR) is 68.3 cm³/mol. The standard InChI is InChI=1S/C11H10BrClOS/c1-6-3-9(15-11(6)13)10(12)8-4-7(2)14-5-8/h3-5,10H,1-2H3. The molecule has 0 aliphatic carbocycles. The first-order valence-corrected chi connectivity index (χ1v) is 6.64. The molecule has 0 saturated heterocycles. The molecular weight excluding hydrogens is 296 g/mol. The number of alkyl halides is 1. The molecule has 0 fully saturated rings. The van der Waals surface area contributed by atoms with E-state index in [9.17, 15) is 0 Å². The summed E-state index contributed by atoms with van der Waals surface area (Å²) < 4.78 is 6.14. The Morgan fingerprint density at radius 1 is 1.40 bits per heavy atom. The molecule has 2 aromatic rings. The Hall–Kier alpha value is -0.250. The average molecular weight is 306 g/mol. The molecular formula is C11H10BrClOS. The lowest BCUT2D eigenvalue weighted by Crippen LogP contribution is -1.85. The minimum Gasteiger partial charge on any atom is -0.469 e. The summed E-state index contributed by atoms with van der Waals surface area (Å²) in [7, 11) is 0. The SMILES string of the molecule is Cc1cc(C(Br)c2cc(C)c(Cl)s2)co1. The fourth-order valence-corrected chi connectivity index (χ4v) is 3.25. The van der Waals surface area contributed by atoms with E-state index < -0.39 is 0 Å². The second-order valence-corrected chi connectivity index (χ2v) is 6.06. The summed E-state index contributed by atoms with van der Waals surface area (Å²) in [6, 6.07) is 4.14. The number of rotatable bonds is 2. The van der Waals surface area contributed by atoms with Crippen LogP contribution in [0.5, 0.6) is 0 Å². The highest BCUT2D eigenvalue weighted by molar-refractivity contribution is 9.09. The molecule has 2 heterocycles. The first-order valence-electron chi connectivity index (χ1n) is 4.53. The molecule has 2 rings (SSSR count). The van der Waals surface area contributed by atoms with Crippen molar-refractivity contribution in [1.82, 2.24) is 0 Å². The summed E-state index contributed by atoms with van der Waals surface area (Å²) >= 11 is 11.3. The molecule has 1 nitrogen and oxygen atoms in total. The van der Waals surface area contributed by atoms with Gasteiger partial charge in [-0.2, -0.15) is 0 Å². The Balaban J connectivity index is 2.31. The Kier molecular flexibility index (Phi) is 3.24. The fraction of sp³-hybridized carbons (Fsp3) is 0.273. The normalized spacial score (nSPS) is 13.1. The highest BCUT2D eigenvalue weighted by Gasteiger charge is 2.16. The van der Waals surface area contributed by atoms with Gasteiger partial charge in [-0.1, -0.05) is 27.5 Å². The van der Waals surface area contributed by atoms with E-state index in [1.807, 2.05) is 19.9 Å². The van der Waals surface area contributed by atoms with Gasteiger partial charge in [0, 0.05) is 10.4 Å². The van der Waals surface area contributed by atoms with Crippen molar-refractivity contribution in [3.63, 3.8) is 0 Å². The number of furan rings is 1. The first-order chi connectivity index (χ1) is 7.08. The molecule has 0 N–H and O–H groups in total. The van der Waals surface area contributed by atoms with Crippen LogP contribution in [-0.2, 0) is 0 Å². The van der Waals surface area contributed by atoms with Gasteiger partial charge in [-0.15, -0.1) is 11.3 Å². The molecule has 15 heavy (non-hydrogen) atoms. The smallest absolute Gasteiger partial charge is 0.101 e. The zero-order valence-electron chi connectivity index (χ0n) is 8.38. The van der Waals surface area contributed by atoms with Gasteiger partial charge in [0.2, 0.25) is 0 Å². The molecule has 1 atom stereocenters. The van der Waals surface area contributed by atoms with Crippen molar-refractivity contribution in [3.05, 3.63) is 44.5 Å². The summed E-state index contributed by atoms with van der Waals surface area (Å²) in [6.45, 7) is 3.96. The zero-order valence-corrected chi connectivity index (χ0v) is 11.5. The van der Waals surface area contributed by atoms with Crippen molar-refractivity contribution < 1.29 is 4.42 Å². The van der Waals surface area contributed by atoms with Crippen LogP contribution in [0.15, 0.2) is 22.8 Å². The number of aryl methyl sites for hydroxylation is 2. The number of thiophene rings is 1. The van der Waals surface area contributed by atoms with E-state index in [0.717, 1.165) is 21.2 Å². The maximum atomic E-state index is 6.04. The number of hydrogen-bond donors (Lipinski definition) is 0. The lowest BCUT2D eigenvalue weighted by molar-refractivity contribution is 0.532. The van der Waals surface area contributed by atoms with E-state index in [2.05, 4.69) is 22.0 Å². The van der Waals surface area contributed by atoms with Gasteiger partial charge in [0.05, 0.1) is 15.4 Å². The van der Waals surface area contributed by atoms with E-state index in [4.69, 9.17) is 16.0 Å². The van der Waals surface area contributed by atoms with E-state index in [1.54, 1.807) is 17.6 Å². The predicted octanol–water partition coefficient (Wildman–Crippen LogP) is 5.10. The zero-order chi connectivity index (χ0) is 11.0. The fourth-order valence-electron chi connectivity index (χ4n) is 1.37. The van der Waals surface area contributed by atoms with Crippen LogP contribution >= 0.6 is 38.9 Å². The molecule has 4 heteroatoms. The van der Waals surface area contributed by atoms with Gasteiger partial charge >= 0.3 is 0 Å². The maximum Gasteiger partial charge on any atom is 0.101 e. The van der Waals surface area contributed by atoms with Crippen LogP contribution in [0.2, 0.25) is 4.34 Å². The van der Waals surface area contributed by atoms with Crippen molar-refractivity contribution in [2.75, 3.05) is 0 Å². The van der Waals surface area contributed by atoms with Gasteiger partial charge < -0.3 is 4.42 Å². The van der Waals surface area contributed by atoms with Crippen LogP contribution in [0.3, 0.4) is 0 Å². The minimum absolute atomic E-state index is 0.172. The number of halogens is 2. The summed E-state index contributed by atoms with van der Waals surface area (Å²) in [5.41, 5.74) is 2.26. The van der Waals surface area contributed by atoms with Crippen molar-refractivity contribution in [2.24, 2.45) is 0 Å². The van der Waals surface area contributed by atoms with Gasteiger partial charge in [-0.3, -0.25) is 0 Å². The molecule has 0 aliphatic heterocycles. The van der Waals surface area contributed by atoms with Crippen molar-refractivity contribution in [1.29, 1.82) is 0 Å². The third kappa shape index (κ3) is 2.30. The Morgan fingerprint density at radius 3 is 2.60 bits per heavy atom. The molecule has 0 bridgehead atoms. The van der Waals surface area contributed by atoms with Crippen LogP contribution < -0.4 is 0 Å². The monoisotopic (exact) mass is 304 g/mol. The quantitative estimate of drug-likeness (QED) is 0.704.